The van der Waals surface area contributed by atoms with Crippen LogP contribution in [0.4, 0.5) is 0 Å². The van der Waals surface area contributed by atoms with E-state index in [1.807, 2.05) is 6.07 Å². The third-order valence-electron chi connectivity index (χ3n) is 10.8. The van der Waals surface area contributed by atoms with Gasteiger partial charge in [-0.25, -0.2) is 0 Å². The van der Waals surface area contributed by atoms with Crippen molar-refractivity contribution in [1.82, 2.24) is 5.32 Å². The molecule has 1 N–H and O–H groups in total. The van der Waals surface area contributed by atoms with Gasteiger partial charge in [-0.1, -0.05) is 39.3 Å². The first kappa shape index (κ1) is 28.8. The number of ketones is 1. The van der Waals surface area contributed by atoms with Crippen LogP contribution in [0, 0.1) is 40.4 Å². The Labute approximate surface area is 245 Å². The van der Waals surface area contributed by atoms with Gasteiger partial charge in [0.2, 0.25) is 5.91 Å². The van der Waals surface area contributed by atoms with Gasteiger partial charge in [-0.15, -0.1) is 11.3 Å². The van der Waals surface area contributed by atoms with Gasteiger partial charge in [-0.3, -0.25) is 14.4 Å². The molecule has 0 saturated heterocycles. The first-order valence-electron chi connectivity index (χ1n) is 14.6. The Morgan fingerprint density at radius 1 is 1.21 bits per heavy atom. The van der Waals surface area contributed by atoms with E-state index >= 15 is 0 Å². The van der Waals surface area contributed by atoms with Gasteiger partial charge in [-0.2, -0.15) is 0 Å². The topological polar surface area (TPSA) is 72.5 Å². The molecule has 7 heteroatoms. The molecule has 9 atom stereocenters. The molecule has 1 aromatic heterocycles. The molecule has 1 heterocycles. The molecule has 3 fully saturated rings. The standard InChI is InChI=1S/C32H42BrNO4S/c1-6-25(27-9-10-28(33)39-27)34-29(37)15-18(2)22-7-8-23-30-24(12-14-32(22,23)5)31(4)13-11-21(36)16-20(31)17-26(30)38-19(3)35/h9-11,13,16,18,22-26,30H,6-8,12,14-15,17H2,1-5H3,(H,34,37)/t18-,22?,23+,24+,25-,26-,30+,31+,32-/m1/s1. The van der Waals surface area contributed by atoms with Crippen molar-refractivity contribution in [3.8, 4) is 0 Å². The van der Waals surface area contributed by atoms with Crippen LogP contribution in [0.1, 0.15) is 90.5 Å². The highest BCUT2D eigenvalue weighted by Gasteiger charge is 2.62. The Bertz CT molecular complexity index is 1200. The quantitative estimate of drug-likeness (QED) is 0.321. The van der Waals surface area contributed by atoms with Crippen LogP contribution >= 0.6 is 27.3 Å². The summed E-state index contributed by atoms with van der Waals surface area (Å²) in [4.78, 5) is 38.9. The lowest BCUT2D eigenvalue weighted by Crippen LogP contribution is -2.55. The van der Waals surface area contributed by atoms with Gasteiger partial charge in [0.1, 0.15) is 6.10 Å². The lowest BCUT2D eigenvalue weighted by atomic mass is 9.46. The van der Waals surface area contributed by atoms with Gasteiger partial charge in [-0.05, 0) is 101 Å². The number of allylic oxidation sites excluding steroid dienone is 3. The van der Waals surface area contributed by atoms with Gasteiger partial charge >= 0.3 is 5.97 Å². The number of carbonyl (C=O) groups is 3. The molecule has 3 saturated carbocycles. The average molecular weight is 617 g/mol. The monoisotopic (exact) mass is 615 g/mol. The van der Waals surface area contributed by atoms with Crippen molar-refractivity contribution in [2.24, 2.45) is 40.4 Å². The molecular formula is C32H42BrNO4S. The first-order valence-corrected chi connectivity index (χ1v) is 16.2. The fourth-order valence-corrected chi connectivity index (χ4v) is 10.6. The minimum absolute atomic E-state index is 0.0354. The average Bonchev–Trinajstić information content (AvgIpc) is 3.46. The van der Waals surface area contributed by atoms with Crippen molar-refractivity contribution in [3.63, 3.8) is 0 Å². The van der Waals surface area contributed by atoms with Gasteiger partial charge in [0.15, 0.2) is 5.78 Å². The third kappa shape index (κ3) is 5.23. The van der Waals surface area contributed by atoms with Crippen LogP contribution in [0.25, 0.3) is 0 Å². The number of fused-ring (bicyclic) bond motifs is 5. The molecule has 4 aliphatic rings. The molecule has 5 rings (SSSR count). The summed E-state index contributed by atoms with van der Waals surface area (Å²) in [5.41, 5.74) is 1.06. The molecule has 1 aromatic rings. The van der Waals surface area contributed by atoms with E-state index in [-0.39, 0.29) is 52.5 Å². The predicted octanol–water partition coefficient (Wildman–Crippen LogP) is 7.57. The number of halogens is 1. The fourth-order valence-electron chi connectivity index (χ4n) is 9.03. The number of esters is 1. The van der Waals surface area contributed by atoms with Crippen molar-refractivity contribution in [2.75, 3.05) is 0 Å². The number of hydrogen-bond donors (Lipinski definition) is 1. The molecule has 4 aliphatic carbocycles. The second-order valence-corrected chi connectivity index (χ2v) is 15.4. The van der Waals surface area contributed by atoms with Gasteiger partial charge in [0.25, 0.3) is 0 Å². The van der Waals surface area contributed by atoms with E-state index in [0.29, 0.717) is 30.6 Å². The molecule has 0 aromatic carbocycles. The zero-order valence-corrected chi connectivity index (χ0v) is 26.2. The van der Waals surface area contributed by atoms with E-state index in [2.05, 4.69) is 61.1 Å². The van der Waals surface area contributed by atoms with Crippen molar-refractivity contribution >= 4 is 44.9 Å². The Hall–Kier alpha value is -1.73. The maximum absolute atomic E-state index is 13.2. The van der Waals surface area contributed by atoms with Crippen molar-refractivity contribution in [1.29, 1.82) is 0 Å². The SMILES string of the molecule is CC[C@@H](NC(=O)C[C@@H](C)C1CC[C@H]2[C@@H]3[C@H](OC(C)=O)CC4=CC(=O)C=C[C@]4(C)[C@H]3CC[C@]12C)c1ccc(Br)s1. The molecule has 1 unspecified atom stereocenters. The Morgan fingerprint density at radius 3 is 2.64 bits per heavy atom. The smallest absolute Gasteiger partial charge is 0.302 e. The molecule has 0 radical (unpaired) electrons. The van der Waals surface area contributed by atoms with Crippen molar-refractivity contribution in [2.45, 2.75) is 91.7 Å². The highest BCUT2D eigenvalue weighted by molar-refractivity contribution is 9.11. The molecule has 39 heavy (non-hydrogen) atoms. The van der Waals surface area contributed by atoms with Gasteiger partial charge in [0, 0.05) is 36.0 Å². The van der Waals surface area contributed by atoms with Crippen LogP contribution in [0.5, 0.6) is 0 Å². The van der Waals surface area contributed by atoms with Crippen LogP contribution < -0.4 is 5.32 Å². The highest BCUT2D eigenvalue weighted by atomic mass is 79.9. The normalized spacial score (nSPS) is 36.7. The van der Waals surface area contributed by atoms with E-state index in [1.165, 1.54) is 11.8 Å². The molecule has 0 bridgehead atoms. The van der Waals surface area contributed by atoms with E-state index in [4.69, 9.17) is 4.74 Å². The summed E-state index contributed by atoms with van der Waals surface area (Å²) in [5, 5.41) is 3.30. The molecule has 0 spiro atoms. The van der Waals surface area contributed by atoms with Gasteiger partial charge < -0.3 is 10.1 Å². The maximum Gasteiger partial charge on any atom is 0.302 e. The van der Waals surface area contributed by atoms with Crippen molar-refractivity contribution < 1.29 is 19.1 Å². The largest absolute Gasteiger partial charge is 0.462 e. The summed E-state index contributed by atoms with van der Waals surface area (Å²) in [6.45, 7) is 10.6. The zero-order chi connectivity index (χ0) is 28.1. The molecule has 5 nitrogen and oxygen atoms in total. The minimum Gasteiger partial charge on any atom is -0.462 e. The first-order chi connectivity index (χ1) is 18.5. The summed E-state index contributed by atoms with van der Waals surface area (Å²) in [5.74, 6) is 1.71. The van der Waals surface area contributed by atoms with E-state index in [1.54, 1.807) is 23.5 Å². The molecule has 1 amide bonds. The number of hydrogen-bond acceptors (Lipinski definition) is 5. The maximum atomic E-state index is 13.2. The summed E-state index contributed by atoms with van der Waals surface area (Å²) >= 11 is 5.22. The fraction of sp³-hybridized carbons (Fsp3) is 0.656. The van der Waals surface area contributed by atoms with E-state index in [0.717, 1.165) is 41.5 Å². The number of ether oxygens (including phenoxy) is 1. The summed E-state index contributed by atoms with van der Waals surface area (Å²) in [6.07, 6.45) is 11.9. The molecule has 0 aliphatic heterocycles. The van der Waals surface area contributed by atoms with Crippen LogP contribution in [-0.2, 0) is 19.1 Å². The van der Waals surface area contributed by atoms with E-state index in [9.17, 15) is 14.4 Å². The van der Waals surface area contributed by atoms with Crippen LogP contribution in [0.3, 0.4) is 0 Å². The number of rotatable bonds is 7. The number of nitrogens with one attached hydrogen (secondary N) is 1. The number of carbonyl (C=O) groups excluding carboxylic acids is 3. The Morgan fingerprint density at radius 2 is 1.97 bits per heavy atom. The van der Waals surface area contributed by atoms with E-state index < -0.39 is 0 Å². The number of amides is 1. The lowest BCUT2D eigenvalue weighted by Gasteiger charge is -2.59. The molecular weight excluding hydrogens is 574 g/mol. The molecule has 212 valence electrons. The van der Waals surface area contributed by atoms with Gasteiger partial charge in [0.05, 0.1) is 9.83 Å². The van der Waals surface area contributed by atoms with Crippen LogP contribution in [-0.4, -0.2) is 23.8 Å². The second kappa shape index (κ2) is 10.9. The summed E-state index contributed by atoms with van der Waals surface area (Å²) in [6, 6.07) is 4.19. The Kier molecular flexibility index (Phi) is 8.06. The lowest BCUT2D eigenvalue weighted by molar-refractivity contribution is -0.163. The predicted molar refractivity (Wildman–Crippen MR) is 158 cm³/mol. The zero-order valence-electron chi connectivity index (χ0n) is 23.8. The minimum atomic E-state index is -0.240. The number of thiophene rings is 1. The third-order valence-corrected chi connectivity index (χ3v) is 12.6. The van der Waals surface area contributed by atoms with Crippen LogP contribution in [0.2, 0.25) is 0 Å². The summed E-state index contributed by atoms with van der Waals surface area (Å²) < 4.78 is 7.11. The van der Waals surface area contributed by atoms with Crippen molar-refractivity contribution in [3.05, 3.63) is 44.6 Å². The second-order valence-electron chi connectivity index (χ2n) is 12.9. The Balaban J connectivity index is 1.34. The van der Waals surface area contributed by atoms with Crippen LogP contribution in [0.15, 0.2) is 39.7 Å². The highest BCUT2D eigenvalue weighted by Crippen LogP contribution is 2.67. The summed E-state index contributed by atoms with van der Waals surface area (Å²) in [7, 11) is 0.